The highest BCUT2D eigenvalue weighted by molar-refractivity contribution is 6.04. The molecule has 0 bridgehead atoms. The molecule has 1 fully saturated rings. The van der Waals surface area contributed by atoms with E-state index >= 15 is 0 Å². The molecular weight excluding hydrogens is 309 g/mol. The summed E-state index contributed by atoms with van der Waals surface area (Å²) in [5.74, 6) is -1.11. The van der Waals surface area contributed by atoms with Gasteiger partial charge in [0, 0.05) is 6.54 Å². The van der Waals surface area contributed by atoms with Gasteiger partial charge < -0.3 is 9.64 Å². The van der Waals surface area contributed by atoms with E-state index in [4.69, 9.17) is 4.74 Å². The molecule has 1 amide bonds. The molecule has 1 aliphatic heterocycles. The quantitative estimate of drug-likeness (QED) is 0.665. The van der Waals surface area contributed by atoms with Crippen LogP contribution < -0.4 is 5.32 Å². The highest BCUT2D eigenvalue weighted by Crippen LogP contribution is 2.08. The number of benzene rings is 1. The summed E-state index contributed by atoms with van der Waals surface area (Å²) in [7, 11) is 0. The Hall–Kier alpha value is -1.95. The van der Waals surface area contributed by atoms with Crippen molar-refractivity contribution < 1.29 is 13.9 Å². The Morgan fingerprint density at radius 3 is 2.67 bits per heavy atom. The largest absolute Gasteiger partial charge is 0.462 e. The van der Waals surface area contributed by atoms with Crippen molar-refractivity contribution in [2.75, 3.05) is 26.2 Å². The molecule has 1 heterocycles. The van der Waals surface area contributed by atoms with Crippen LogP contribution in [-0.4, -0.2) is 49.1 Å². The molecule has 0 spiro atoms. The standard InChI is InChI=1S/C18H26FN3O2/c1-14(2)24-18(20-10-13-22-11-6-3-7-12-22)21-17(23)15-8-4-5-9-16(15)19/h4-5,8-9,14H,3,6-7,10-13H2,1-2H3,(H,20,21,23). The molecule has 1 aromatic rings. The molecule has 0 unspecified atom stereocenters. The molecule has 1 saturated heterocycles. The van der Waals surface area contributed by atoms with Gasteiger partial charge in [-0.3, -0.25) is 10.1 Å². The Balaban J connectivity index is 1.95. The van der Waals surface area contributed by atoms with Crippen molar-refractivity contribution in [3.8, 4) is 0 Å². The Labute approximate surface area is 142 Å². The van der Waals surface area contributed by atoms with E-state index in [0.29, 0.717) is 6.54 Å². The Morgan fingerprint density at radius 2 is 2.00 bits per heavy atom. The van der Waals surface area contributed by atoms with Crippen molar-refractivity contribution in [1.29, 1.82) is 0 Å². The van der Waals surface area contributed by atoms with Crippen molar-refractivity contribution in [1.82, 2.24) is 10.2 Å². The van der Waals surface area contributed by atoms with E-state index in [1.165, 1.54) is 31.4 Å². The summed E-state index contributed by atoms with van der Waals surface area (Å²) in [4.78, 5) is 18.9. The van der Waals surface area contributed by atoms with Crippen LogP contribution in [0.4, 0.5) is 4.39 Å². The first-order valence-electron chi connectivity index (χ1n) is 8.55. The zero-order valence-corrected chi connectivity index (χ0v) is 14.4. The van der Waals surface area contributed by atoms with Crippen LogP contribution in [0.3, 0.4) is 0 Å². The van der Waals surface area contributed by atoms with Gasteiger partial charge in [0.1, 0.15) is 5.82 Å². The van der Waals surface area contributed by atoms with Gasteiger partial charge in [-0.05, 0) is 51.9 Å². The lowest BCUT2D eigenvalue weighted by molar-refractivity contribution is 0.0955. The van der Waals surface area contributed by atoms with E-state index in [-0.39, 0.29) is 17.7 Å². The number of rotatable bonds is 5. The zero-order chi connectivity index (χ0) is 17.4. The summed E-state index contributed by atoms with van der Waals surface area (Å²) in [5, 5.41) is 2.57. The van der Waals surface area contributed by atoms with E-state index in [1.54, 1.807) is 12.1 Å². The van der Waals surface area contributed by atoms with Crippen molar-refractivity contribution in [3.63, 3.8) is 0 Å². The van der Waals surface area contributed by atoms with Crippen LogP contribution in [0.25, 0.3) is 0 Å². The molecule has 6 heteroatoms. The highest BCUT2D eigenvalue weighted by Gasteiger charge is 2.15. The Morgan fingerprint density at radius 1 is 1.29 bits per heavy atom. The molecule has 0 aliphatic carbocycles. The van der Waals surface area contributed by atoms with Crippen LogP contribution in [-0.2, 0) is 4.74 Å². The summed E-state index contributed by atoms with van der Waals surface area (Å²) in [5.41, 5.74) is -0.0198. The number of carbonyl (C=O) groups excluding carboxylic acids is 1. The van der Waals surface area contributed by atoms with Gasteiger partial charge in [-0.1, -0.05) is 18.6 Å². The number of hydrogen-bond acceptors (Lipinski definition) is 4. The second kappa shape index (κ2) is 9.37. The molecule has 0 saturated carbocycles. The minimum absolute atomic E-state index is 0.0198. The third-order valence-electron chi connectivity index (χ3n) is 3.81. The molecule has 0 atom stereocenters. The number of hydrogen-bond donors (Lipinski definition) is 1. The number of nitrogens with zero attached hydrogens (tertiary/aromatic N) is 2. The molecule has 24 heavy (non-hydrogen) atoms. The van der Waals surface area contributed by atoms with E-state index in [1.807, 2.05) is 13.8 Å². The van der Waals surface area contributed by atoms with Crippen LogP contribution in [0.2, 0.25) is 0 Å². The van der Waals surface area contributed by atoms with Crippen LogP contribution >= 0.6 is 0 Å². The molecule has 5 nitrogen and oxygen atoms in total. The number of nitrogens with one attached hydrogen (secondary N) is 1. The lowest BCUT2D eigenvalue weighted by Gasteiger charge is -2.25. The minimum Gasteiger partial charge on any atom is -0.462 e. The maximum absolute atomic E-state index is 13.7. The highest BCUT2D eigenvalue weighted by atomic mass is 19.1. The van der Waals surface area contributed by atoms with E-state index < -0.39 is 11.7 Å². The fourth-order valence-corrected chi connectivity index (χ4v) is 2.62. The molecule has 2 rings (SSSR count). The number of amides is 1. The number of amidine groups is 1. The smallest absolute Gasteiger partial charge is 0.291 e. The van der Waals surface area contributed by atoms with E-state index in [0.717, 1.165) is 19.6 Å². The maximum Gasteiger partial charge on any atom is 0.291 e. The van der Waals surface area contributed by atoms with Crippen LogP contribution in [0, 0.1) is 5.82 Å². The molecular formula is C18H26FN3O2. The number of halogens is 1. The molecule has 0 aromatic heterocycles. The van der Waals surface area contributed by atoms with Crippen molar-refractivity contribution in [3.05, 3.63) is 35.6 Å². The third kappa shape index (κ3) is 5.92. The molecule has 0 radical (unpaired) electrons. The van der Waals surface area contributed by atoms with Gasteiger partial charge in [-0.25, -0.2) is 9.38 Å². The lowest BCUT2D eigenvalue weighted by atomic mass is 10.1. The minimum atomic E-state index is -0.563. The number of aliphatic imine (C=N–C) groups is 1. The van der Waals surface area contributed by atoms with Crippen LogP contribution in [0.1, 0.15) is 43.5 Å². The van der Waals surface area contributed by atoms with Gasteiger partial charge in [0.15, 0.2) is 0 Å². The molecule has 132 valence electrons. The fraction of sp³-hybridized carbons (Fsp3) is 0.556. The van der Waals surface area contributed by atoms with Crippen molar-refractivity contribution in [2.24, 2.45) is 4.99 Å². The van der Waals surface area contributed by atoms with Gasteiger partial charge >= 0.3 is 0 Å². The predicted octanol–water partition coefficient (Wildman–Crippen LogP) is 2.82. The van der Waals surface area contributed by atoms with E-state index in [9.17, 15) is 9.18 Å². The molecule has 1 aliphatic rings. The van der Waals surface area contributed by atoms with Gasteiger partial charge in [0.2, 0.25) is 0 Å². The molecule has 1 aromatic carbocycles. The van der Waals surface area contributed by atoms with Gasteiger partial charge in [-0.2, -0.15) is 0 Å². The van der Waals surface area contributed by atoms with Crippen molar-refractivity contribution >= 4 is 11.9 Å². The third-order valence-corrected chi connectivity index (χ3v) is 3.81. The SMILES string of the molecule is CC(C)OC(=NCCN1CCCCC1)NC(=O)c1ccccc1F. The lowest BCUT2D eigenvalue weighted by Crippen LogP contribution is -2.36. The number of ether oxygens (including phenoxy) is 1. The second-order valence-corrected chi connectivity index (χ2v) is 6.19. The summed E-state index contributed by atoms with van der Waals surface area (Å²) in [6, 6.07) is 6.01. The number of likely N-dealkylation sites (tertiary alicyclic amines) is 1. The second-order valence-electron chi connectivity index (χ2n) is 6.19. The van der Waals surface area contributed by atoms with Crippen LogP contribution in [0.15, 0.2) is 29.3 Å². The monoisotopic (exact) mass is 335 g/mol. The summed E-state index contributed by atoms with van der Waals surface area (Å²) < 4.78 is 19.2. The number of carbonyl (C=O) groups is 1. The zero-order valence-electron chi connectivity index (χ0n) is 14.4. The molecule has 1 N–H and O–H groups in total. The van der Waals surface area contributed by atoms with Gasteiger partial charge in [0.05, 0.1) is 18.2 Å². The average Bonchev–Trinajstić information content (AvgIpc) is 2.55. The predicted molar refractivity (Wildman–Crippen MR) is 92.7 cm³/mol. The summed E-state index contributed by atoms with van der Waals surface area (Å²) >= 11 is 0. The van der Waals surface area contributed by atoms with Crippen LogP contribution in [0.5, 0.6) is 0 Å². The first-order valence-corrected chi connectivity index (χ1v) is 8.55. The summed E-state index contributed by atoms with van der Waals surface area (Å²) in [6.45, 7) is 7.28. The topological polar surface area (TPSA) is 53.9 Å². The van der Waals surface area contributed by atoms with Crippen molar-refractivity contribution in [2.45, 2.75) is 39.2 Å². The Kier molecular flexibility index (Phi) is 7.18. The Bertz CT molecular complexity index is 569. The summed E-state index contributed by atoms with van der Waals surface area (Å²) in [6.07, 6.45) is 3.62. The fourth-order valence-electron chi connectivity index (χ4n) is 2.62. The maximum atomic E-state index is 13.7. The first kappa shape index (κ1) is 18.4. The van der Waals surface area contributed by atoms with E-state index in [2.05, 4.69) is 15.2 Å². The number of piperidine rings is 1. The first-order chi connectivity index (χ1) is 11.6. The normalized spacial score (nSPS) is 16.2. The van der Waals surface area contributed by atoms with Gasteiger partial charge in [-0.15, -0.1) is 0 Å². The van der Waals surface area contributed by atoms with Gasteiger partial charge in [0.25, 0.3) is 11.9 Å². The average molecular weight is 335 g/mol.